The van der Waals surface area contributed by atoms with Gasteiger partial charge >= 0.3 is 136 Å². The molecule has 0 aromatic carbocycles. The summed E-state index contributed by atoms with van der Waals surface area (Å²) in [6, 6.07) is 0. The van der Waals surface area contributed by atoms with Gasteiger partial charge in [-0.3, -0.25) is 0 Å². The molecule has 0 N–H and O–H groups in total. The van der Waals surface area contributed by atoms with Gasteiger partial charge in [0.15, 0.2) is 0 Å². The van der Waals surface area contributed by atoms with Crippen molar-refractivity contribution < 1.29 is 27.5 Å². The number of carbonyl (C=O) groups is 2. The first-order valence-electron chi connectivity index (χ1n) is 6.03. The van der Waals surface area contributed by atoms with Crippen LogP contribution >= 0.6 is 0 Å². The normalized spacial score (nSPS) is 32.5. The molecule has 3 fully saturated rings. The van der Waals surface area contributed by atoms with Crippen LogP contribution in [0.5, 0.6) is 0 Å². The van der Waals surface area contributed by atoms with Gasteiger partial charge in [0.1, 0.15) is 0 Å². The van der Waals surface area contributed by atoms with Gasteiger partial charge in [-0.2, -0.15) is 0 Å². The Hall–Kier alpha value is -0.228. The van der Waals surface area contributed by atoms with Crippen molar-refractivity contribution in [3.05, 3.63) is 0 Å². The van der Waals surface area contributed by atoms with E-state index in [2.05, 4.69) is 0 Å². The Labute approximate surface area is 135 Å². The van der Waals surface area contributed by atoms with Crippen LogP contribution < -0.4 is 0 Å². The third-order valence-corrected chi connectivity index (χ3v) is 4.87. The second-order valence-corrected chi connectivity index (χ2v) is 7.34. The molecule has 20 heavy (non-hydrogen) atoms. The molecule has 1 saturated carbocycles. The Morgan fingerprint density at radius 3 is 2.55 bits per heavy atom. The number of amides is 1. The van der Waals surface area contributed by atoms with Gasteiger partial charge in [-0.25, -0.2) is 0 Å². The number of hydrogen-bond acceptors (Lipinski definition) is 6. The molecule has 0 aromatic rings. The minimum absolute atomic E-state index is 0.263. The van der Waals surface area contributed by atoms with E-state index in [4.69, 9.17) is 13.7 Å². The van der Waals surface area contributed by atoms with Crippen LogP contribution in [0.1, 0.15) is 12.8 Å². The quantitative estimate of drug-likeness (QED) is 0.379. The van der Waals surface area contributed by atoms with Crippen LogP contribution in [0, 0.1) is 5.41 Å². The van der Waals surface area contributed by atoms with E-state index in [0.29, 0.717) is 23.6 Å². The van der Waals surface area contributed by atoms with Crippen molar-refractivity contribution >= 4 is 48.9 Å². The second kappa shape index (κ2) is 5.87. The molecular formula is C11H16NO6PbS. The Morgan fingerprint density at radius 1 is 1.40 bits per heavy atom. The molecular weight excluding hydrogens is 481 g/mol. The van der Waals surface area contributed by atoms with E-state index in [9.17, 15) is 13.8 Å². The Balaban J connectivity index is 2.14. The van der Waals surface area contributed by atoms with Crippen molar-refractivity contribution in [1.29, 1.82) is 0 Å². The summed E-state index contributed by atoms with van der Waals surface area (Å²) in [5.74, 6) is -0.423. The van der Waals surface area contributed by atoms with Gasteiger partial charge in [0.25, 0.3) is 0 Å². The number of rotatable bonds is 5. The summed E-state index contributed by atoms with van der Waals surface area (Å²) in [6.07, 6.45) is 1.91. The molecule has 2 bridgehead atoms. The number of carbonyl (C=O) groups excluding carboxylic acids is 2. The number of ether oxygens (including phenoxy) is 2. The van der Waals surface area contributed by atoms with E-state index >= 15 is 0 Å². The molecule has 3 aliphatic rings. The second-order valence-electron chi connectivity index (χ2n) is 5.18. The molecule has 3 rings (SSSR count). The van der Waals surface area contributed by atoms with Crippen LogP contribution in [-0.4, -0.2) is 83.2 Å². The summed E-state index contributed by atoms with van der Waals surface area (Å²) in [7, 11) is 1.31. The average molecular weight is 498 g/mol. The first kappa shape index (κ1) is 16.1. The van der Waals surface area contributed by atoms with Crippen molar-refractivity contribution in [2.75, 3.05) is 30.7 Å². The molecule has 0 spiro atoms. The molecule has 111 valence electrons. The maximum atomic E-state index is 12.0. The average Bonchev–Trinajstić information content (AvgIpc) is 2.87. The van der Waals surface area contributed by atoms with Gasteiger partial charge in [-0.05, 0) is 0 Å². The first-order chi connectivity index (χ1) is 9.39. The summed E-state index contributed by atoms with van der Waals surface area (Å²) in [5.41, 5.74) is -1.24. The predicted molar refractivity (Wildman–Crippen MR) is 70.2 cm³/mol. The molecule has 2 aliphatic heterocycles. The molecule has 7 nitrogen and oxygen atoms in total. The molecule has 2 heterocycles. The third kappa shape index (κ3) is 2.61. The standard InChI is InChI=1S/C11H16NO6S.Pb/c1-16-8(13)11-4-10(5-11,7-18-19(3)15)6-12(11)9(14)17-2;/h2,4-7H2,1,3H3;. The van der Waals surface area contributed by atoms with Gasteiger partial charge < -0.3 is 0 Å². The van der Waals surface area contributed by atoms with Crippen LogP contribution in [0.4, 0.5) is 4.79 Å². The summed E-state index contributed by atoms with van der Waals surface area (Å²) in [6.45, 7) is 0.638. The molecule has 3 radical (unpaired) electrons. The van der Waals surface area contributed by atoms with Gasteiger partial charge in [0.2, 0.25) is 0 Å². The van der Waals surface area contributed by atoms with Crippen molar-refractivity contribution in [2.24, 2.45) is 5.41 Å². The Bertz CT molecular complexity index is 450. The van der Waals surface area contributed by atoms with Crippen LogP contribution in [0.15, 0.2) is 0 Å². The number of hydrogen-bond donors (Lipinski definition) is 0. The van der Waals surface area contributed by atoms with E-state index in [1.54, 1.807) is 0 Å². The molecule has 1 atom stereocenters. The Kier molecular flexibility index (Phi) is 4.74. The van der Waals surface area contributed by atoms with E-state index in [-0.39, 0.29) is 12.0 Å². The summed E-state index contributed by atoms with van der Waals surface area (Å²) in [5, 5.41) is 0. The molecule has 1 amide bonds. The van der Waals surface area contributed by atoms with Gasteiger partial charge in [-0.1, -0.05) is 0 Å². The van der Waals surface area contributed by atoms with Crippen LogP contribution in [-0.2, 0) is 29.5 Å². The summed E-state index contributed by atoms with van der Waals surface area (Å²) >= 11 is -0.615. The fourth-order valence-corrected chi connectivity index (χ4v) is 4.05. The molecule has 2 saturated heterocycles. The molecule has 1 unspecified atom stereocenters. The number of nitrogens with zero attached hydrogens (tertiary/aromatic N) is 1. The summed E-state index contributed by atoms with van der Waals surface area (Å²) < 4.78 is 26.5. The fourth-order valence-electron chi connectivity index (χ4n) is 3.16. The van der Waals surface area contributed by atoms with Crippen molar-refractivity contribution in [2.45, 2.75) is 18.4 Å². The monoisotopic (exact) mass is 498 g/mol. The first-order valence-corrected chi connectivity index (χ1v) is 10.3. The Morgan fingerprint density at radius 2 is 2.05 bits per heavy atom. The van der Waals surface area contributed by atoms with Crippen molar-refractivity contribution in [3.8, 4) is 0 Å². The third-order valence-electron chi connectivity index (χ3n) is 3.86. The predicted octanol–water partition coefficient (Wildman–Crippen LogP) is -0.433. The van der Waals surface area contributed by atoms with E-state index in [0.717, 1.165) is 25.8 Å². The molecule has 0 aromatic heterocycles. The van der Waals surface area contributed by atoms with Gasteiger partial charge in [-0.15, -0.1) is 0 Å². The zero-order valence-corrected chi connectivity index (χ0v) is 16.0. The van der Waals surface area contributed by atoms with E-state index < -0.39 is 28.7 Å². The maximum absolute atomic E-state index is 12.0. The van der Waals surface area contributed by atoms with Crippen molar-refractivity contribution in [3.63, 3.8) is 0 Å². The van der Waals surface area contributed by atoms with Crippen molar-refractivity contribution in [1.82, 2.24) is 4.90 Å². The zero-order valence-electron chi connectivity index (χ0n) is 11.3. The number of esters is 1. The van der Waals surface area contributed by atoms with E-state index in [1.807, 2.05) is 0 Å². The SMILES string of the molecule is COC(=O)C12CC(COS(C)=O)(CN1C(=O)O[CH2][Pb])C2. The van der Waals surface area contributed by atoms with Crippen LogP contribution in [0.2, 0.25) is 0 Å². The fraction of sp³-hybridized carbons (Fsp3) is 0.818. The molecule has 9 heteroatoms. The molecule has 1 aliphatic carbocycles. The summed E-state index contributed by atoms with van der Waals surface area (Å²) in [4.78, 5) is 25.5. The van der Waals surface area contributed by atoms with Crippen LogP contribution in [0.3, 0.4) is 0 Å². The number of methoxy groups -OCH3 is 1. The van der Waals surface area contributed by atoms with Gasteiger partial charge in [0, 0.05) is 0 Å². The topological polar surface area (TPSA) is 82.1 Å². The van der Waals surface area contributed by atoms with Crippen LogP contribution in [0.25, 0.3) is 0 Å². The minimum atomic E-state index is -1.36. The number of fused-ring (bicyclic) bond motifs is 1. The van der Waals surface area contributed by atoms with Gasteiger partial charge in [0.05, 0.1) is 0 Å². The van der Waals surface area contributed by atoms with E-state index in [1.165, 1.54) is 18.3 Å². The zero-order chi connectivity index (χ0) is 15.0.